The van der Waals surface area contributed by atoms with Crippen LogP contribution >= 0.6 is 12.2 Å². The van der Waals surface area contributed by atoms with Crippen LogP contribution in [-0.2, 0) is 11.3 Å². The average Bonchev–Trinajstić information content (AvgIpc) is 2.42. The van der Waals surface area contributed by atoms with Gasteiger partial charge in [-0.15, -0.1) is 0 Å². The van der Waals surface area contributed by atoms with Crippen LogP contribution in [0.15, 0.2) is 29.1 Å². The Bertz CT molecular complexity index is 774. The van der Waals surface area contributed by atoms with Crippen molar-refractivity contribution in [2.75, 3.05) is 7.05 Å². The van der Waals surface area contributed by atoms with Crippen molar-refractivity contribution in [3.8, 4) is 0 Å². The summed E-state index contributed by atoms with van der Waals surface area (Å²) in [6.07, 6.45) is 0. The van der Waals surface area contributed by atoms with Crippen LogP contribution in [-0.4, -0.2) is 22.5 Å². The van der Waals surface area contributed by atoms with Gasteiger partial charge in [0.25, 0.3) is 5.56 Å². The monoisotopic (exact) mass is 291 g/mol. The van der Waals surface area contributed by atoms with E-state index in [0.29, 0.717) is 15.7 Å². The van der Waals surface area contributed by atoms with Crippen molar-refractivity contribution in [3.63, 3.8) is 0 Å². The molecule has 0 aliphatic rings. The largest absolute Gasteiger partial charge is 0.359 e. The fraction of sp³-hybridized carbons (Fsp3) is 0.357. The molecule has 1 aromatic carbocycles. The first-order chi connectivity index (χ1) is 9.36. The van der Waals surface area contributed by atoms with Gasteiger partial charge in [0, 0.05) is 13.6 Å². The Morgan fingerprint density at radius 1 is 1.40 bits per heavy atom. The third kappa shape index (κ3) is 2.51. The van der Waals surface area contributed by atoms with Gasteiger partial charge in [-0.3, -0.25) is 14.2 Å². The van der Waals surface area contributed by atoms with Crippen LogP contribution < -0.4 is 10.9 Å². The molecule has 0 fully saturated rings. The number of carbonyl (C=O) groups excluding carboxylic acids is 1. The Labute approximate surface area is 121 Å². The minimum atomic E-state index is -0.720. The smallest absolute Gasteiger partial charge is 0.262 e. The third-order valence-corrected chi connectivity index (χ3v) is 3.61. The topological polar surface area (TPSA) is 66.9 Å². The van der Waals surface area contributed by atoms with Gasteiger partial charge < -0.3 is 10.3 Å². The van der Waals surface area contributed by atoms with E-state index in [1.165, 1.54) is 4.57 Å². The van der Waals surface area contributed by atoms with E-state index in [0.717, 1.165) is 0 Å². The average molecular weight is 291 g/mol. The Morgan fingerprint density at radius 3 is 2.70 bits per heavy atom. The number of carbonyl (C=O) groups is 1. The highest BCUT2D eigenvalue weighted by atomic mass is 32.1. The minimum Gasteiger partial charge on any atom is -0.359 e. The molecular weight excluding hydrogens is 274 g/mol. The van der Waals surface area contributed by atoms with Gasteiger partial charge in [0.2, 0.25) is 5.91 Å². The number of para-hydroxylation sites is 1. The number of aromatic amines is 1. The number of benzene rings is 1. The lowest BCUT2D eigenvalue weighted by Gasteiger charge is -2.23. The van der Waals surface area contributed by atoms with E-state index in [-0.39, 0.29) is 18.0 Å². The van der Waals surface area contributed by atoms with Crippen LogP contribution in [0.25, 0.3) is 10.9 Å². The van der Waals surface area contributed by atoms with E-state index in [1.807, 2.05) is 6.07 Å². The molecule has 0 spiro atoms. The predicted octanol–water partition coefficient (Wildman–Crippen LogP) is 1.83. The van der Waals surface area contributed by atoms with Gasteiger partial charge in [0.05, 0.1) is 16.3 Å². The molecule has 0 radical (unpaired) electrons. The molecule has 0 atom stereocenters. The van der Waals surface area contributed by atoms with Crippen LogP contribution in [0, 0.1) is 10.2 Å². The number of H-pyrrole nitrogens is 1. The highest BCUT2D eigenvalue weighted by Gasteiger charge is 2.28. The minimum absolute atomic E-state index is 0.132. The molecule has 0 aliphatic heterocycles. The molecular formula is C14H17N3O2S. The number of hydrogen-bond donors (Lipinski definition) is 2. The maximum absolute atomic E-state index is 12.5. The summed E-state index contributed by atoms with van der Waals surface area (Å²) in [6.45, 7) is 3.79. The molecule has 2 N–H and O–H groups in total. The van der Waals surface area contributed by atoms with E-state index in [9.17, 15) is 9.59 Å². The van der Waals surface area contributed by atoms with Gasteiger partial charge in [-0.05, 0) is 38.2 Å². The number of amides is 1. The molecule has 1 aromatic heterocycles. The molecule has 106 valence electrons. The van der Waals surface area contributed by atoms with Gasteiger partial charge >= 0.3 is 0 Å². The summed E-state index contributed by atoms with van der Waals surface area (Å²) in [5.74, 6) is -0.132. The molecule has 2 rings (SSSR count). The van der Waals surface area contributed by atoms with Crippen LogP contribution in [0.4, 0.5) is 0 Å². The molecule has 0 unspecified atom stereocenters. The van der Waals surface area contributed by atoms with Gasteiger partial charge in [0.1, 0.15) is 0 Å². The van der Waals surface area contributed by atoms with Crippen molar-refractivity contribution < 1.29 is 4.79 Å². The Balaban J connectivity index is 2.59. The lowest BCUT2D eigenvalue weighted by molar-refractivity contribution is -0.129. The van der Waals surface area contributed by atoms with Crippen molar-refractivity contribution in [3.05, 3.63) is 39.4 Å². The first-order valence-corrected chi connectivity index (χ1v) is 6.71. The Hall–Kier alpha value is -1.95. The highest BCUT2D eigenvalue weighted by Crippen LogP contribution is 2.18. The molecule has 20 heavy (non-hydrogen) atoms. The fourth-order valence-corrected chi connectivity index (χ4v) is 2.41. The summed E-state index contributed by atoms with van der Waals surface area (Å²) in [5, 5.41) is 3.17. The van der Waals surface area contributed by atoms with Crippen molar-refractivity contribution in [1.82, 2.24) is 14.9 Å². The van der Waals surface area contributed by atoms with E-state index >= 15 is 0 Å². The second-order valence-electron chi connectivity index (χ2n) is 5.33. The number of fused-ring (bicyclic) bond motifs is 1. The zero-order valence-corrected chi connectivity index (χ0v) is 12.5. The second-order valence-corrected chi connectivity index (χ2v) is 5.72. The van der Waals surface area contributed by atoms with Gasteiger partial charge in [0.15, 0.2) is 4.77 Å². The van der Waals surface area contributed by atoms with Crippen LogP contribution in [0.1, 0.15) is 13.8 Å². The van der Waals surface area contributed by atoms with Gasteiger partial charge in [-0.1, -0.05) is 12.1 Å². The van der Waals surface area contributed by atoms with E-state index in [2.05, 4.69) is 10.3 Å². The predicted molar refractivity (Wildman–Crippen MR) is 81.2 cm³/mol. The van der Waals surface area contributed by atoms with E-state index in [1.54, 1.807) is 39.1 Å². The highest BCUT2D eigenvalue weighted by molar-refractivity contribution is 7.71. The van der Waals surface area contributed by atoms with Crippen molar-refractivity contribution in [2.24, 2.45) is 5.41 Å². The zero-order chi connectivity index (χ0) is 14.9. The van der Waals surface area contributed by atoms with Gasteiger partial charge in [-0.2, -0.15) is 0 Å². The molecule has 6 heteroatoms. The van der Waals surface area contributed by atoms with Gasteiger partial charge in [-0.25, -0.2) is 0 Å². The summed E-state index contributed by atoms with van der Waals surface area (Å²) in [7, 11) is 1.58. The Morgan fingerprint density at radius 2 is 2.05 bits per heavy atom. The number of nitrogens with zero attached hydrogens (tertiary/aromatic N) is 1. The van der Waals surface area contributed by atoms with Crippen LogP contribution in [0.3, 0.4) is 0 Å². The molecule has 1 heterocycles. The lowest BCUT2D eigenvalue weighted by Crippen LogP contribution is -2.40. The maximum atomic E-state index is 12.5. The van der Waals surface area contributed by atoms with Crippen LogP contribution in [0.2, 0.25) is 0 Å². The summed E-state index contributed by atoms with van der Waals surface area (Å²) < 4.78 is 1.76. The van der Waals surface area contributed by atoms with E-state index in [4.69, 9.17) is 12.2 Å². The summed E-state index contributed by atoms with van der Waals surface area (Å²) in [5.41, 5.74) is -0.194. The van der Waals surface area contributed by atoms with E-state index < -0.39 is 5.41 Å². The number of hydrogen-bond acceptors (Lipinski definition) is 3. The summed E-state index contributed by atoms with van der Waals surface area (Å²) in [6, 6.07) is 7.19. The van der Waals surface area contributed by atoms with Crippen molar-refractivity contribution >= 4 is 29.0 Å². The molecule has 0 bridgehead atoms. The third-order valence-electron chi connectivity index (χ3n) is 3.28. The number of rotatable bonds is 3. The molecule has 0 saturated carbocycles. The Kier molecular flexibility index (Phi) is 3.76. The standard InChI is InChI=1S/C14H17N3O2S/c1-14(2,12(19)15-3)8-17-11(18)9-6-4-5-7-10(9)16-13(17)20/h4-7H,8H2,1-3H3,(H,15,19)(H,16,20). The molecule has 0 saturated heterocycles. The molecule has 1 amide bonds. The van der Waals surface area contributed by atoms with Crippen molar-refractivity contribution in [2.45, 2.75) is 20.4 Å². The molecule has 0 aliphatic carbocycles. The van der Waals surface area contributed by atoms with Crippen molar-refractivity contribution in [1.29, 1.82) is 0 Å². The quantitative estimate of drug-likeness (QED) is 0.848. The first-order valence-electron chi connectivity index (χ1n) is 6.31. The first kappa shape index (κ1) is 14.5. The summed E-state index contributed by atoms with van der Waals surface area (Å²) >= 11 is 5.23. The second kappa shape index (κ2) is 5.20. The fourth-order valence-electron chi connectivity index (χ4n) is 2.15. The number of aromatic nitrogens is 2. The zero-order valence-electron chi connectivity index (χ0n) is 11.7. The molecule has 2 aromatic rings. The lowest BCUT2D eigenvalue weighted by atomic mass is 9.92. The normalized spacial score (nSPS) is 11.6. The maximum Gasteiger partial charge on any atom is 0.262 e. The summed E-state index contributed by atoms with van der Waals surface area (Å²) in [4.78, 5) is 27.4. The SMILES string of the molecule is CNC(=O)C(C)(C)Cn1c(=S)[nH]c2ccccc2c1=O. The molecule has 5 nitrogen and oxygen atoms in total. The number of nitrogens with one attached hydrogen (secondary N) is 2. The van der Waals surface area contributed by atoms with Crippen LogP contribution in [0.5, 0.6) is 0 Å².